The van der Waals surface area contributed by atoms with E-state index < -0.39 is 0 Å². The van der Waals surface area contributed by atoms with Crippen molar-refractivity contribution in [2.75, 3.05) is 0 Å². The average Bonchev–Trinajstić information content (AvgIpc) is 3.06. The molecule has 0 heteroatoms. The van der Waals surface area contributed by atoms with Crippen LogP contribution in [0, 0.1) is 0 Å². The van der Waals surface area contributed by atoms with Crippen molar-refractivity contribution in [3.63, 3.8) is 0 Å². The molecule has 8 aliphatic rings. The van der Waals surface area contributed by atoms with Crippen LogP contribution in [0.4, 0.5) is 0 Å². The topological polar surface area (TPSA) is 0 Å². The highest BCUT2D eigenvalue weighted by atomic mass is 14.0. The molecule has 0 aliphatic heterocycles. The van der Waals surface area contributed by atoms with Gasteiger partial charge in [-0.05, 0) is 0 Å². The minimum atomic E-state index is 1.50. The molecule has 8 rings (SSSR count). The van der Waals surface area contributed by atoms with Crippen LogP contribution >= 0.6 is 0 Å². The SMILES string of the molecule is C1CC1.C1CCC1.C1CCC1.C1CCC1.C1CCC1.C1CCC1.C1CCC1.C1CCC1. The second-order valence-corrected chi connectivity index (χ2v) is 11.0. The van der Waals surface area contributed by atoms with Crippen LogP contribution in [-0.4, -0.2) is 0 Å². The van der Waals surface area contributed by atoms with Crippen LogP contribution in [0.3, 0.4) is 0 Å². The number of rotatable bonds is 0. The lowest BCUT2D eigenvalue weighted by Gasteiger charge is -2.05. The van der Waals surface area contributed by atoms with E-state index in [1.165, 1.54) is 199 Å². The minimum Gasteiger partial charge on any atom is -0.0533 e. The average molecular weight is 435 g/mol. The Hall–Kier alpha value is 0. The molecular formula is C31H62. The van der Waals surface area contributed by atoms with Crippen molar-refractivity contribution >= 4 is 0 Å². The second-order valence-electron chi connectivity index (χ2n) is 11.0. The smallest absolute Gasteiger partial charge is 0.0533 e. The Balaban J connectivity index is 0.000000177. The molecule has 8 fully saturated rings. The summed E-state index contributed by atoms with van der Waals surface area (Å²) in [6.45, 7) is 0. The van der Waals surface area contributed by atoms with Crippen LogP contribution in [0.5, 0.6) is 0 Å². The molecule has 0 aromatic carbocycles. The highest BCUT2D eigenvalue weighted by molar-refractivity contribution is 4.53. The van der Waals surface area contributed by atoms with Crippen LogP contribution in [-0.2, 0) is 0 Å². The molecule has 0 amide bonds. The lowest BCUT2D eigenvalue weighted by atomic mass is 10.0. The third-order valence-electron chi connectivity index (χ3n) is 7.35. The largest absolute Gasteiger partial charge is 0.0533 e. The molecule has 0 bridgehead atoms. The summed E-state index contributed by atoms with van der Waals surface area (Å²) in [6.07, 6.45) is 46.5. The van der Waals surface area contributed by atoms with E-state index >= 15 is 0 Å². The molecule has 0 spiro atoms. The first-order chi connectivity index (χ1) is 15.5. The second kappa shape index (κ2) is 26.3. The maximum absolute atomic E-state index is 1.50. The van der Waals surface area contributed by atoms with Gasteiger partial charge in [-0.2, -0.15) is 0 Å². The van der Waals surface area contributed by atoms with E-state index in [1.54, 1.807) is 0 Å². The van der Waals surface area contributed by atoms with Crippen LogP contribution in [0.25, 0.3) is 0 Å². The van der Waals surface area contributed by atoms with Crippen molar-refractivity contribution in [2.45, 2.75) is 199 Å². The molecule has 31 heavy (non-hydrogen) atoms. The monoisotopic (exact) mass is 434 g/mol. The molecule has 0 aromatic heterocycles. The lowest BCUT2D eigenvalue weighted by Crippen LogP contribution is -1.85. The van der Waals surface area contributed by atoms with Gasteiger partial charge >= 0.3 is 0 Å². The van der Waals surface area contributed by atoms with E-state index in [-0.39, 0.29) is 0 Å². The van der Waals surface area contributed by atoms with Crippen LogP contribution in [0.1, 0.15) is 199 Å². The van der Waals surface area contributed by atoms with Gasteiger partial charge in [0, 0.05) is 0 Å². The van der Waals surface area contributed by atoms with Crippen molar-refractivity contribution in [1.29, 1.82) is 0 Å². The summed E-state index contributed by atoms with van der Waals surface area (Å²) in [5.74, 6) is 0. The number of hydrogen-bond donors (Lipinski definition) is 0. The van der Waals surface area contributed by atoms with E-state index in [1.807, 2.05) is 0 Å². The summed E-state index contributed by atoms with van der Waals surface area (Å²) in [7, 11) is 0. The van der Waals surface area contributed by atoms with Crippen LogP contribution < -0.4 is 0 Å². The van der Waals surface area contributed by atoms with Gasteiger partial charge in [-0.3, -0.25) is 0 Å². The van der Waals surface area contributed by atoms with Crippen molar-refractivity contribution in [3.8, 4) is 0 Å². The van der Waals surface area contributed by atoms with E-state index in [2.05, 4.69) is 0 Å². The molecule has 0 nitrogen and oxygen atoms in total. The quantitative estimate of drug-likeness (QED) is 0.355. The molecule has 0 atom stereocenters. The zero-order valence-electron chi connectivity index (χ0n) is 21.9. The molecule has 0 aromatic rings. The van der Waals surface area contributed by atoms with E-state index in [4.69, 9.17) is 0 Å². The summed E-state index contributed by atoms with van der Waals surface area (Å²) >= 11 is 0. The number of hydrogen-bond acceptors (Lipinski definition) is 0. The Morgan fingerprint density at radius 2 is 0.0968 bits per heavy atom. The molecule has 0 N–H and O–H groups in total. The molecule has 186 valence electrons. The van der Waals surface area contributed by atoms with Gasteiger partial charge in [0.1, 0.15) is 0 Å². The van der Waals surface area contributed by atoms with Crippen LogP contribution in [0.2, 0.25) is 0 Å². The molecule has 0 heterocycles. The highest BCUT2D eigenvalue weighted by Crippen LogP contribution is 2.17. The Morgan fingerprint density at radius 1 is 0.0645 bits per heavy atom. The normalized spacial score (nSPS) is 24.0. The fraction of sp³-hybridized carbons (Fsp3) is 1.00. The van der Waals surface area contributed by atoms with Gasteiger partial charge in [-0.15, -0.1) is 0 Å². The van der Waals surface area contributed by atoms with Gasteiger partial charge in [0.15, 0.2) is 0 Å². The van der Waals surface area contributed by atoms with Crippen molar-refractivity contribution in [1.82, 2.24) is 0 Å². The lowest BCUT2D eigenvalue weighted by molar-refractivity contribution is 0.504. The third kappa shape index (κ3) is 28.0. The fourth-order valence-corrected chi connectivity index (χ4v) is 1.75. The molecule has 8 aliphatic carbocycles. The Kier molecular flexibility index (Phi) is 24.6. The first-order valence-electron chi connectivity index (χ1n) is 15.5. The van der Waals surface area contributed by atoms with E-state index in [9.17, 15) is 0 Å². The maximum atomic E-state index is 1.50. The molecular weight excluding hydrogens is 372 g/mol. The van der Waals surface area contributed by atoms with Crippen molar-refractivity contribution < 1.29 is 0 Å². The van der Waals surface area contributed by atoms with Crippen molar-refractivity contribution in [3.05, 3.63) is 0 Å². The van der Waals surface area contributed by atoms with Gasteiger partial charge in [0.25, 0.3) is 0 Å². The van der Waals surface area contributed by atoms with Gasteiger partial charge in [0.2, 0.25) is 0 Å². The van der Waals surface area contributed by atoms with Crippen LogP contribution in [0.15, 0.2) is 0 Å². The van der Waals surface area contributed by atoms with Gasteiger partial charge in [0.05, 0.1) is 0 Å². The van der Waals surface area contributed by atoms with E-state index in [0.29, 0.717) is 0 Å². The zero-order chi connectivity index (χ0) is 21.9. The summed E-state index contributed by atoms with van der Waals surface area (Å²) in [6, 6.07) is 0. The Morgan fingerprint density at radius 3 is 0.0968 bits per heavy atom. The first-order valence-corrected chi connectivity index (χ1v) is 15.5. The summed E-state index contributed by atoms with van der Waals surface area (Å²) in [4.78, 5) is 0. The molecule has 8 saturated carbocycles. The Bertz CT molecular complexity index is 168. The summed E-state index contributed by atoms with van der Waals surface area (Å²) < 4.78 is 0. The summed E-state index contributed by atoms with van der Waals surface area (Å²) in [5, 5.41) is 0. The van der Waals surface area contributed by atoms with Crippen molar-refractivity contribution in [2.24, 2.45) is 0 Å². The summed E-state index contributed by atoms with van der Waals surface area (Å²) in [5.41, 5.74) is 0. The van der Waals surface area contributed by atoms with Gasteiger partial charge in [-0.25, -0.2) is 0 Å². The van der Waals surface area contributed by atoms with E-state index in [0.717, 1.165) is 0 Å². The standard InChI is InChI=1S/7C4H8.C3H6/c7*1-2-4-3-1;1-2-3-1/h7*1-4H2;1-3H2. The minimum absolute atomic E-state index is 1.50. The van der Waals surface area contributed by atoms with Gasteiger partial charge in [-0.1, -0.05) is 199 Å². The highest BCUT2D eigenvalue weighted by Gasteiger charge is 1.97. The van der Waals surface area contributed by atoms with Gasteiger partial charge < -0.3 is 0 Å². The predicted molar refractivity (Wildman–Crippen MR) is 143 cm³/mol. The zero-order valence-corrected chi connectivity index (χ0v) is 21.9. The predicted octanol–water partition coefficient (Wildman–Crippen LogP) is 12.1. The fourth-order valence-electron chi connectivity index (χ4n) is 1.75. The molecule has 0 radical (unpaired) electrons. The molecule has 0 unspecified atom stereocenters. The third-order valence-corrected chi connectivity index (χ3v) is 7.35. The maximum Gasteiger partial charge on any atom is -0.0533 e. The first kappa shape index (κ1) is 29.0. The Labute approximate surface area is 199 Å². The molecule has 0 saturated heterocycles.